The van der Waals surface area contributed by atoms with Crippen LogP contribution in [-0.2, 0) is 28.5 Å². The maximum atomic E-state index is 11.3. The topological polar surface area (TPSA) is 112 Å². The van der Waals surface area contributed by atoms with Crippen molar-refractivity contribution in [2.45, 2.75) is 50.3 Å². The molecule has 8 nitrogen and oxygen atoms in total. The minimum atomic E-state index is -3.77. The molecule has 0 spiro atoms. The van der Waals surface area contributed by atoms with Gasteiger partial charge in [-0.2, -0.15) is 8.42 Å². The number of rotatable bonds is 4. The summed E-state index contributed by atoms with van der Waals surface area (Å²) in [5.74, 6) is -0.927. The first-order valence-electron chi connectivity index (χ1n) is 5.81. The number of hydrogen-bond donors (Lipinski definition) is 2. The summed E-state index contributed by atoms with van der Waals surface area (Å²) in [7, 11) is -3.77. The van der Waals surface area contributed by atoms with E-state index in [0.717, 1.165) is 6.26 Å². The number of aliphatic hydroxyl groups is 2. The quantitative estimate of drug-likeness (QED) is 0.607. The molecule has 2 fully saturated rings. The van der Waals surface area contributed by atoms with Gasteiger partial charge >= 0.3 is 0 Å². The Hall–Kier alpha value is -0.290. The molecule has 0 aromatic rings. The van der Waals surface area contributed by atoms with E-state index in [1.807, 2.05) is 0 Å². The summed E-state index contributed by atoms with van der Waals surface area (Å²) in [6, 6.07) is 0. The van der Waals surface area contributed by atoms with E-state index < -0.39 is 53.2 Å². The first kappa shape index (κ1) is 15.1. The third kappa shape index (κ3) is 3.24. The minimum Gasteiger partial charge on any atom is -0.394 e. The molecule has 2 N–H and O–H groups in total. The summed E-state index contributed by atoms with van der Waals surface area (Å²) in [6.45, 7) is 2.73. The summed E-state index contributed by atoms with van der Waals surface area (Å²) in [6.07, 6.45) is -4.12. The van der Waals surface area contributed by atoms with Crippen molar-refractivity contribution in [2.24, 2.45) is 0 Å². The molecule has 2 heterocycles. The van der Waals surface area contributed by atoms with Gasteiger partial charge in [0.05, 0.1) is 12.9 Å². The van der Waals surface area contributed by atoms with E-state index in [2.05, 4.69) is 0 Å². The molecule has 2 aliphatic rings. The second-order valence-corrected chi connectivity index (χ2v) is 6.68. The largest absolute Gasteiger partial charge is 0.394 e. The van der Waals surface area contributed by atoms with Crippen LogP contribution >= 0.6 is 0 Å². The normalized spacial score (nSPS) is 39.2. The van der Waals surface area contributed by atoms with Crippen molar-refractivity contribution in [3.8, 4) is 0 Å². The minimum absolute atomic E-state index is 0.586. The predicted octanol–water partition coefficient (Wildman–Crippen LogP) is -1.44. The van der Waals surface area contributed by atoms with Gasteiger partial charge in [-0.3, -0.25) is 4.18 Å². The fraction of sp³-hybridized carbons (Fsp3) is 1.00. The number of aliphatic hydroxyl groups excluding tert-OH is 2. The predicted molar refractivity (Wildman–Crippen MR) is 61.5 cm³/mol. The van der Waals surface area contributed by atoms with E-state index in [-0.39, 0.29) is 0 Å². The van der Waals surface area contributed by atoms with Gasteiger partial charge in [-0.1, -0.05) is 0 Å². The van der Waals surface area contributed by atoms with Crippen molar-refractivity contribution < 1.29 is 37.0 Å². The lowest BCUT2D eigenvalue weighted by Gasteiger charge is -2.27. The van der Waals surface area contributed by atoms with Crippen LogP contribution in [0.1, 0.15) is 13.8 Å². The molecule has 0 bridgehead atoms. The van der Waals surface area contributed by atoms with Crippen LogP contribution in [-0.4, -0.2) is 68.0 Å². The first-order chi connectivity index (χ1) is 8.63. The van der Waals surface area contributed by atoms with Gasteiger partial charge in [0.25, 0.3) is 10.1 Å². The molecule has 9 heteroatoms. The van der Waals surface area contributed by atoms with Crippen LogP contribution < -0.4 is 0 Å². The van der Waals surface area contributed by atoms with E-state index in [0.29, 0.717) is 0 Å². The Morgan fingerprint density at radius 2 is 2.00 bits per heavy atom. The van der Waals surface area contributed by atoms with E-state index in [4.69, 9.17) is 23.5 Å². The van der Waals surface area contributed by atoms with Crippen LogP contribution in [0.2, 0.25) is 0 Å². The average Bonchev–Trinajstić information content (AvgIpc) is 2.70. The lowest BCUT2D eigenvalue weighted by Crippen LogP contribution is -2.44. The molecular formula is C10H18O8S. The maximum absolute atomic E-state index is 11.3. The van der Waals surface area contributed by atoms with Crippen LogP contribution in [0.3, 0.4) is 0 Å². The Morgan fingerprint density at radius 3 is 2.53 bits per heavy atom. The molecule has 2 aliphatic heterocycles. The zero-order valence-electron chi connectivity index (χ0n) is 10.8. The average molecular weight is 298 g/mol. The number of fused-ring (bicyclic) bond motifs is 1. The zero-order chi connectivity index (χ0) is 14.4. The molecule has 2 rings (SSSR count). The highest BCUT2D eigenvalue weighted by Gasteiger charge is 2.58. The van der Waals surface area contributed by atoms with Gasteiger partial charge in [0.1, 0.15) is 24.4 Å². The molecule has 0 unspecified atom stereocenters. The zero-order valence-corrected chi connectivity index (χ0v) is 11.7. The number of hydrogen-bond acceptors (Lipinski definition) is 8. The fourth-order valence-electron chi connectivity index (χ4n) is 2.23. The second-order valence-electron chi connectivity index (χ2n) is 5.08. The summed E-state index contributed by atoms with van der Waals surface area (Å²) < 4.78 is 43.8. The Kier molecular flexibility index (Phi) is 3.91. The van der Waals surface area contributed by atoms with Gasteiger partial charge in [0.15, 0.2) is 12.1 Å². The maximum Gasteiger partial charge on any atom is 0.264 e. The van der Waals surface area contributed by atoms with Crippen LogP contribution in [0.15, 0.2) is 0 Å². The summed E-state index contributed by atoms with van der Waals surface area (Å²) in [5, 5.41) is 18.6. The van der Waals surface area contributed by atoms with Gasteiger partial charge in [-0.25, -0.2) is 0 Å². The van der Waals surface area contributed by atoms with Gasteiger partial charge in [-0.15, -0.1) is 0 Å². The van der Waals surface area contributed by atoms with Crippen molar-refractivity contribution >= 4 is 10.1 Å². The van der Waals surface area contributed by atoms with E-state index in [9.17, 15) is 13.5 Å². The molecule has 0 aliphatic carbocycles. The summed E-state index contributed by atoms with van der Waals surface area (Å²) >= 11 is 0. The standard InChI is InChI=1S/C10H18O8S/c1-10(2)16-8-7(18-19(3,13)14)6(5(12)4-11)15-9(8)17-10/h5-9,11-12H,4H2,1-3H3/t5-,6-,7+,8-,9-/m1/s1. The molecule has 0 amide bonds. The monoisotopic (exact) mass is 298 g/mol. The van der Waals surface area contributed by atoms with E-state index >= 15 is 0 Å². The van der Waals surface area contributed by atoms with E-state index in [1.54, 1.807) is 13.8 Å². The first-order valence-corrected chi connectivity index (χ1v) is 7.63. The van der Waals surface area contributed by atoms with Crippen molar-refractivity contribution in [1.29, 1.82) is 0 Å². The Labute approximate surface area is 111 Å². The Bertz CT molecular complexity index is 433. The van der Waals surface area contributed by atoms with Crippen LogP contribution in [0.5, 0.6) is 0 Å². The highest BCUT2D eigenvalue weighted by Crippen LogP contribution is 2.39. The molecule has 0 aromatic heterocycles. The van der Waals surface area contributed by atoms with Crippen LogP contribution in [0.25, 0.3) is 0 Å². The van der Waals surface area contributed by atoms with Crippen LogP contribution in [0.4, 0.5) is 0 Å². The highest BCUT2D eigenvalue weighted by molar-refractivity contribution is 7.86. The molecule has 0 radical (unpaired) electrons. The second kappa shape index (κ2) is 4.92. The molecule has 0 saturated carbocycles. The lowest BCUT2D eigenvalue weighted by molar-refractivity contribution is -0.225. The van der Waals surface area contributed by atoms with Crippen molar-refractivity contribution in [2.75, 3.05) is 12.9 Å². The third-order valence-corrected chi connectivity index (χ3v) is 3.45. The molecular weight excluding hydrogens is 280 g/mol. The Morgan fingerprint density at radius 1 is 1.37 bits per heavy atom. The van der Waals surface area contributed by atoms with Gasteiger partial charge in [-0.05, 0) is 13.8 Å². The third-order valence-electron chi connectivity index (χ3n) is 2.88. The highest BCUT2D eigenvalue weighted by atomic mass is 32.2. The molecule has 112 valence electrons. The van der Waals surface area contributed by atoms with E-state index in [1.165, 1.54) is 0 Å². The van der Waals surface area contributed by atoms with Gasteiger partial charge < -0.3 is 24.4 Å². The van der Waals surface area contributed by atoms with Crippen molar-refractivity contribution in [1.82, 2.24) is 0 Å². The molecule has 2 saturated heterocycles. The molecule has 19 heavy (non-hydrogen) atoms. The summed E-state index contributed by atoms with van der Waals surface area (Å²) in [5.41, 5.74) is 0. The smallest absolute Gasteiger partial charge is 0.264 e. The van der Waals surface area contributed by atoms with Crippen molar-refractivity contribution in [3.63, 3.8) is 0 Å². The van der Waals surface area contributed by atoms with Gasteiger partial charge in [0, 0.05) is 0 Å². The SMILES string of the molecule is CC1(C)O[C@H]2O[C@H]([C@H](O)CO)[C@H](OS(C)(=O)=O)[C@H]2O1. The molecule has 5 atom stereocenters. The summed E-state index contributed by atoms with van der Waals surface area (Å²) in [4.78, 5) is 0. The number of ether oxygens (including phenoxy) is 3. The lowest BCUT2D eigenvalue weighted by atomic mass is 10.1. The fourth-order valence-corrected chi connectivity index (χ4v) is 2.85. The Balaban J connectivity index is 2.21. The van der Waals surface area contributed by atoms with Gasteiger partial charge in [0.2, 0.25) is 0 Å². The van der Waals surface area contributed by atoms with Crippen LogP contribution in [0, 0.1) is 0 Å². The van der Waals surface area contributed by atoms with Crippen molar-refractivity contribution in [3.05, 3.63) is 0 Å². The molecule has 0 aromatic carbocycles.